The molecular weight excluding hydrogens is 272 g/mol. The minimum atomic E-state index is -0.420. The van der Waals surface area contributed by atoms with Gasteiger partial charge in [0, 0.05) is 24.7 Å². The number of hydrogen-bond acceptors (Lipinski definition) is 5. The first-order chi connectivity index (χ1) is 10.1. The number of rotatable bonds is 5. The van der Waals surface area contributed by atoms with Crippen molar-refractivity contribution in [3.8, 4) is 0 Å². The van der Waals surface area contributed by atoms with E-state index in [1.54, 1.807) is 12.1 Å². The zero-order chi connectivity index (χ0) is 15.4. The van der Waals surface area contributed by atoms with E-state index in [0.29, 0.717) is 17.2 Å². The molecule has 3 N–H and O–H groups in total. The zero-order valence-electron chi connectivity index (χ0n) is 12.0. The first kappa shape index (κ1) is 15.1. The maximum absolute atomic E-state index is 11.3. The number of nitro benzene ring substituents is 1. The van der Waals surface area contributed by atoms with Crippen molar-refractivity contribution in [2.45, 2.75) is 26.2 Å². The molecule has 2 rings (SSSR count). The van der Waals surface area contributed by atoms with Crippen LogP contribution >= 0.6 is 0 Å². The molecule has 1 aliphatic rings. The van der Waals surface area contributed by atoms with Gasteiger partial charge in [0.1, 0.15) is 5.69 Å². The van der Waals surface area contributed by atoms with Crippen LogP contribution in [-0.4, -0.2) is 29.1 Å². The van der Waals surface area contributed by atoms with Gasteiger partial charge < -0.3 is 15.8 Å². The Balaban J connectivity index is 2.30. The number of nitrogens with zero attached hydrogens (tertiary/aromatic N) is 3. The Morgan fingerprint density at radius 2 is 2.38 bits per heavy atom. The molecule has 7 nitrogen and oxygen atoms in total. The molecular formula is C14H20N4O3. The smallest absolute Gasteiger partial charge is 0.293 e. The molecule has 1 fully saturated rings. The molecule has 0 bridgehead atoms. The van der Waals surface area contributed by atoms with Crippen LogP contribution in [0.3, 0.4) is 0 Å². The molecule has 1 unspecified atom stereocenters. The van der Waals surface area contributed by atoms with Crippen molar-refractivity contribution in [3.05, 3.63) is 33.9 Å². The van der Waals surface area contributed by atoms with E-state index < -0.39 is 4.92 Å². The molecule has 0 aromatic heterocycles. The fraction of sp³-hybridized carbons (Fsp3) is 0.500. The molecule has 0 spiro atoms. The van der Waals surface area contributed by atoms with Crippen LogP contribution in [0.25, 0.3) is 0 Å². The summed E-state index contributed by atoms with van der Waals surface area (Å²) in [5.74, 6) is 0.466. The third-order valence-corrected chi connectivity index (χ3v) is 3.90. The molecule has 1 aromatic rings. The second-order valence-electron chi connectivity index (χ2n) is 5.34. The topological polar surface area (TPSA) is 105 Å². The van der Waals surface area contributed by atoms with Crippen LogP contribution in [0.4, 0.5) is 11.4 Å². The lowest BCUT2D eigenvalue weighted by molar-refractivity contribution is -0.384. The first-order valence-electron chi connectivity index (χ1n) is 7.08. The van der Waals surface area contributed by atoms with Crippen molar-refractivity contribution < 1.29 is 10.1 Å². The van der Waals surface area contributed by atoms with Crippen molar-refractivity contribution in [2.24, 2.45) is 16.8 Å². The van der Waals surface area contributed by atoms with Crippen molar-refractivity contribution in [3.63, 3.8) is 0 Å². The number of benzene rings is 1. The maximum Gasteiger partial charge on any atom is 0.293 e. The quantitative estimate of drug-likeness (QED) is 0.285. The highest BCUT2D eigenvalue weighted by Crippen LogP contribution is 2.34. The monoisotopic (exact) mass is 292 g/mol. The Hall–Kier alpha value is -2.31. The zero-order valence-corrected chi connectivity index (χ0v) is 12.0. The molecule has 114 valence electrons. The molecule has 7 heteroatoms. The van der Waals surface area contributed by atoms with Gasteiger partial charge in [0.15, 0.2) is 5.84 Å². The first-order valence-corrected chi connectivity index (χ1v) is 7.08. The van der Waals surface area contributed by atoms with Crippen molar-refractivity contribution in [2.75, 3.05) is 18.0 Å². The molecule has 1 aromatic carbocycles. The van der Waals surface area contributed by atoms with Gasteiger partial charge in [0.05, 0.1) is 4.92 Å². The van der Waals surface area contributed by atoms with Crippen LogP contribution in [0.15, 0.2) is 23.4 Å². The number of nitro groups is 1. The fourth-order valence-corrected chi connectivity index (χ4v) is 2.85. The van der Waals surface area contributed by atoms with Crippen LogP contribution in [0.5, 0.6) is 0 Å². The summed E-state index contributed by atoms with van der Waals surface area (Å²) in [6.45, 7) is 3.82. The summed E-state index contributed by atoms with van der Waals surface area (Å²) < 4.78 is 0. The Bertz CT molecular complexity index is 559. The minimum absolute atomic E-state index is 0.00347. The summed E-state index contributed by atoms with van der Waals surface area (Å²) in [5.41, 5.74) is 6.44. The van der Waals surface area contributed by atoms with Gasteiger partial charge in [-0.1, -0.05) is 18.5 Å². The lowest BCUT2D eigenvalue weighted by Crippen LogP contribution is -2.21. The summed E-state index contributed by atoms with van der Waals surface area (Å²) in [5, 5.41) is 22.8. The second kappa shape index (κ2) is 6.43. The van der Waals surface area contributed by atoms with Gasteiger partial charge in [-0.25, -0.2) is 0 Å². The van der Waals surface area contributed by atoms with E-state index in [1.165, 1.54) is 6.07 Å². The number of hydrogen-bond donors (Lipinski definition) is 2. The van der Waals surface area contributed by atoms with Crippen LogP contribution in [0.1, 0.15) is 31.7 Å². The van der Waals surface area contributed by atoms with E-state index in [4.69, 9.17) is 10.9 Å². The summed E-state index contributed by atoms with van der Waals surface area (Å²) in [4.78, 5) is 12.9. The van der Waals surface area contributed by atoms with Crippen LogP contribution in [0.2, 0.25) is 0 Å². The van der Waals surface area contributed by atoms with Gasteiger partial charge in [-0.3, -0.25) is 10.1 Å². The summed E-state index contributed by atoms with van der Waals surface area (Å²) in [6, 6.07) is 4.68. The number of nitrogens with two attached hydrogens (primary N) is 1. The normalized spacial score (nSPS) is 19.0. The van der Waals surface area contributed by atoms with Gasteiger partial charge in [0.25, 0.3) is 5.69 Å². The van der Waals surface area contributed by atoms with E-state index >= 15 is 0 Å². The Morgan fingerprint density at radius 3 is 3.00 bits per heavy atom. The standard InChI is InChI=1S/C14H20N4O3/c1-2-3-10-6-7-17(9-10)12-5-4-11(14(15)16-19)8-13(12)18(20)21/h4-5,8,10,19H,2-3,6-7,9H2,1H3,(H2,15,16). The lowest BCUT2D eigenvalue weighted by Gasteiger charge is -2.19. The van der Waals surface area contributed by atoms with Gasteiger partial charge in [-0.15, -0.1) is 0 Å². The molecule has 1 atom stereocenters. The van der Waals surface area contributed by atoms with Gasteiger partial charge in [0.2, 0.25) is 0 Å². The number of oxime groups is 1. The predicted octanol–water partition coefficient (Wildman–Crippen LogP) is 2.32. The van der Waals surface area contributed by atoms with Gasteiger partial charge in [-0.2, -0.15) is 0 Å². The maximum atomic E-state index is 11.3. The average molecular weight is 292 g/mol. The number of anilines is 1. The van der Waals surface area contributed by atoms with Crippen LogP contribution < -0.4 is 10.6 Å². The fourth-order valence-electron chi connectivity index (χ4n) is 2.85. The summed E-state index contributed by atoms with van der Waals surface area (Å²) in [7, 11) is 0. The highest BCUT2D eigenvalue weighted by molar-refractivity contribution is 5.98. The molecule has 1 heterocycles. The Morgan fingerprint density at radius 1 is 1.62 bits per heavy atom. The Labute approximate surface area is 123 Å². The van der Waals surface area contributed by atoms with Crippen molar-refractivity contribution in [1.29, 1.82) is 0 Å². The van der Waals surface area contributed by atoms with E-state index in [1.807, 2.05) is 0 Å². The summed E-state index contributed by atoms with van der Waals surface area (Å²) in [6.07, 6.45) is 3.34. The lowest BCUT2D eigenvalue weighted by atomic mass is 10.0. The van der Waals surface area contributed by atoms with E-state index in [0.717, 1.165) is 32.4 Å². The van der Waals surface area contributed by atoms with Crippen LogP contribution in [0, 0.1) is 16.0 Å². The van der Waals surface area contributed by atoms with E-state index in [9.17, 15) is 10.1 Å². The second-order valence-corrected chi connectivity index (χ2v) is 5.34. The molecule has 0 aliphatic carbocycles. The van der Waals surface area contributed by atoms with Crippen molar-refractivity contribution >= 4 is 17.2 Å². The summed E-state index contributed by atoms with van der Waals surface area (Å²) >= 11 is 0. The molecule has 1 aliphatic heterocycles. The molecule has 21 heavy (non-hydrogen) atoms. The molecule has 1 saturated heterocycles. The van der Waals surface area contributed by atoms with E-state index in [-0.39, 0.29) is 11.5 Å². The van der Waals surface area contributed by atoms with Crippen LogP contribution in [-0.2, 0) is 0 Å². The van der Waals surface area contributed by atoms with E-state index in [2.05, 4.69) is 17.0 Å². The predicted molar refractivity (Wildman–Crippen MR) is 80.8 cm³/mol. The number of amidine groups is 1. The van der Waals surface area contributed by atoms with Gasteiger partial charge in [-0.05, 0) is 30.9 Å². The average Bonchev–Trinajstić information content (AvgIpc) is 2.94. The Kier molecular flexibility index (Phi) is 4.62. The van der Waals surface area contributed by atoms with Crippen molar-refractivity contribution in [1.82, 2.24) is 0 Å². The van der Waals surface area contributed by atoms with Gasteiger partial charge >= 0.3 is 0 Å². The third-order valence-electron chi connectivity index (χ3n) is 3.90. The third kappa shape index (κ3) is 3.24. The molecule has 0 radical (unpaired) electrons. The highest BCUT2D eigenvalue weighted by atomic mass is 16.6. The molecule has 0 saturated carbocycles. The highest BCUT2D eigenvalue weighted by Gasteiger charge is 2.27. The minimum Gasteiger partial charge on any atom is -0.409 e. The largest absolute Gasteiger partial charge is 0.409 e. The molecule has 0 amide bonds. The SMILES string of the molecule is CCCC1CCN(c2ccc(/C(N)=N/O)cc2[N+](=O)[O-])C1.